The van der Waals surface area contributed by atoms with Gasteiger partial charge in [-0.2, -0.15) is 0 Å². The number of carbonyl (C=O) groups excluding carboxylic acids is 2. The third-order valence-electron chi connectivity index (χ3n) is 5.58. The van der Waals surface area contributed by atoms with Crippen LogP contribution in [0, 0.1) is 5.92 Å². The van der Waals surface area contributed by atoms with E-state index < -0.39 is 5.92 Å². The summed E-state index contributed by atoms with van der Waals surface area (Å²) < 4.78 is 5.44. The molecule has 8 heteroatoms. The number of amides is 2. The van der Waals surface area contributed by atoms with Gasteiger partial charge in [0.15, 0.2) is 0 Å². The van der Waals surface area contributed by atoms with Crippen LogP contribution in [0.3, 0.4) is 0 Å². The lowest BCUT2D eigenvalue weighted by Crippen LogP contribution is -2.28. The number of aromatic nitrogens is 2. The summed E-state index contributed by atoms with van der Waals surface area (Å²) in [6, 6.07) is 7.38. The van der Waals surface area contributed by atoms with E-state index in [4.69, 9.17) is 4.74 Å². The Labute approximate surface area is 174 Å². The van der Waals surface area contributed by atoms with Crippen LogP contribution in [0.15, 0.2) is 24.3 Å². The molecule has 1 aliphatic heterocycles. The van der Waals surface area contributed by atoms with Crippen molar-refractivity contribution in [3.63, 3.8) is 0 Å². The van der Waals surface area contributed by atoms with E-state index in [1.807, 2.05) is 31.2 Å². The summed E-state index contributed by atoms with van der Waals surface area (Å²) in [6.45, 7) is 2.89. The molecule has 1 aliphatic carbocycles. The quantitative estimate of drug-likeness (QED) is 0.773. The Morgan fingerprint density at radius 2 is 1.97 bits per heavy atom. The minimum absolute atomic E-state index is 0.0468. The van der Waals surface area contributed by atoms with Crippen molar-refractivity contribution >= 4 is 34.0 Å². The lowest BCUT2D eigenvalue weighted by Gasteiger charge is -2.18. The van der Waals surface area contributed by atoms with Gasteiger partial charge in [0.1, 0.15) is 10.8 Å². The minimum Gasteiger partial charge on any atom is -0.494 e. The second kappa shape index (κ2) is 8.90. The highest BCUT2D eigenvalue weighted by atomic mass is 32.1. The molecule has 0 radical (unpaired) electrons. The van der Waals surface area contributed by atoms with Gasteiger partial charge in [-0.15, -0.1) is 10.2 Å². The molecule has 1 saturated carbocycles. The van der Waals surface area contributed by atoms with E-state index in [9.17, 15) is 9.59 Å². The standard InChI is InChI=1S/C21H26N4O3S/c1-2-28-17-10-8-16(9-11-17)25-13-15(12-18(25)26)19(27)22-21-24-23-20(29-21)14-6-4-3-5-7-14/h8-11,14-15H,2-7,12-13H2,1H3,(H,22,24,27)/t15-/m0/s1. The van der Waals surface area contributed by atoms with Gasteiger partial charge in [0.25, 0.3) is 0 Å². The van der Waals surface area contributed by atoms with Crippen molar-refractivity contribution in [2.24, 2.45) is 5.92 Å². The van der Waals surface area contributed by atoms with Gasteiger partial charge in [0, 0.05) is 24.6 Å². The number of benzene rings is 1. The number of nitrogens with one attached hydrogen (secondary N) is 1. The molecular weight excluding hydrogens is 388 g/mol. The first-order chi connectivity index (χ1) is 14.1. The van der Waals surface area contributed by atoms with E-state index in [1.165, 1.54) is 30.6 Å². The zero-order valence-corrected chi connectivity index (χ0v) is 17.4. The highest BCUT2D eigenvalue weighted by molar-refractivity contribution is 7.15. The smallest absolute Gasteiger partial charge is 0.231 e. The van der Waals surface area contributed by atoms with Gasteiger partial charge in [-0.05, 0) is 44.0 Å². The fraction of sp³-hybridized carbons (Fsp3) is 0.524. The Hall–Kier alpha value is -2.48. The van der Waals surface area contributed by atoms with Gasteiger partial charge < -0.3 is 15.0 Å². The summed E-state index contributed by atoms with van der Waals surface area (Å²) in [6.07, 6.45) is 6.26. The minimum atomic E-state index is -0.393. The predicted molar refractivity (Wildman–Crippen MR) is 112 cm³/mol. The average molecular weight is 415 g/mol. The van der Waals surface area contributed by atoms with Crippen molar-refractivity contribution in [2.45, 2.75) is 51.4 Å². The maximum atomic E-state index is 12.7. The van der Waals surface area contributed by atoms with Crippen LogP contribution in [0.1, 0.15) is 56.4 Å². The van der Waals surface area contributed by atoms with Gasteiger partial charge in [0.2, 0.25) is 16.9 Å². The van der Waals surface area contributed by atoms with Crippen LogP contribution in [-0.4, -0.2) is 35.2 Å². The van der Waals surface area contributed by atoms with Gasteiger partial charge in [0.05, 0.1) is 12.5 Å². The van der Waals surface area contributed by atoms with Gasteiger partial charge >= 0.3 is 0 Å². The predicted octanol–water partition coefficient (Wildman–Crippen LogP) is 3.98. The van der Waals surface area contributed by atoms with Crippen molar-refractivity contribution in [1.29, 1.82) is 0 Å². The van der Waals surface area contributed by atoms with E-state index in [0.717, 1.165) is 29.3 Å². The van der Waals surface area contributed by atoms with Gasteiger partial charge in [-0.3, -0.25) is 9.59 Å². The normalized spacial score (nSPS) is 20.1. The van der Waals surface area contributed by atoms with Crippen LogP contribution in [0.5, 0.6) is 5.75 Å². The maximum Gasteiger partial charge on any atom is 0.231 e. The Kier molecular flexibility index (Phi) is 6.08. The summed E-state index contributed by atoms with van der Waals surface area (Å²) >= 11 is 1.46. The molecule has 1 saturated heterocycles. The van der Waals surface area contributed by atoms with Crippen LogP contribution in [0.25, 0.3) is 0 Å². The summed E-state index contributed by atoms with van der Waals surface area (Å²) in [4.78, 5) is 26.8. The first-order valence-electron chi connectivity index (χ1n) is 10.3. The molecule has 1 aromatic carbocycles. The number of rotatable bonds is 6. The Morgan fingerprint density at radius 3 is 2.69 bits per heavy atom. The second-order valence-corrected chi connectivity index (χ2v) is 8.61. The molecule has 2 aliphatic rings. The fourth-order valence-electron chi connectivity index (χ4n) is 4.03. The van der Waals surface area contributed by atoms with E-state index in [-0.39, 0.29) is 18.2 Å². The Morgan fingerprint density at radius 1 is 1.21 bits per heavy atom. The van der Waals surface area contributed by atoms with Crippen molar-refractivity contribution in [1.82, 2.24) is 10.2 Å². The van der Waals surface area contributed by atoms with Crippen LogP contribution < -0.4 is 15.0 Å². The summed E-state index contributed by atoms with van der Waals surface area (Å²) in [5.41, 5.74) is 0.782. The lowest BCUT2D eigenvalue weighted by atomic mass is 9.90. The third-order valence-corrected chi connectivity index (χ3v) is 6.58. The summed E-state index contributed by atoms with van der Waals surface area (Å²) in [5, 5.41) is 12.8. The highest BCUT2D eigenvalue weighted by Crippen LogP contribution is 2.35. The molecule has 2 amide bonds. The van der Waals surface area contributed by atoms with E-state index >= 15 is 0 Å². The molecule has 2 fully saturated rings. The molecule has 0 unspecified atom stereocenters. The fourth-order valence-corrected chi connectivity index (χ4v) is 4.94. The first kappa shape index (κ1) is 19.8. The molecule has 0 spiro atoms. The van der Waals surface area contributed by atoms with E-state index in [1.54, 1.807) is 4.90 Å². The van der Waals surface area contributed by atoms with Crippen molar-refractivity contribution < 1.29 is 14.3 Å². The second-order valence-electron chi connectivity index (χ2n) is 7.60. The van der Waals surface area contributed by atoms with Crippen LogP contribution in [0.4, 0.5) is 10.8 Å². The Balaban J connectivity index is 1.36. The number of carbonyl (C=O) groups is 2. The van der Waals surface area contributed by atoms with Crippen molar-refractivity contribution in [3.05, 3.63) is 29.3 Å². The summed E-state index contributed by atoms with van der Waals surface area (Å²) in [7, 11) is 0. The molecule has 2 heterocycles. The maximum absolute atomic E-state index is 12.7. The first-order valence-corrected chi connectivity index (χ1v) is 11.1. The lowest BCUT2D eigenvalue weighted by molar-refractivity contribution is -0.122. The molecule has 4 rings (SSSR count). The molecular formula is C21H26N4O3S. The van der Waals surface area contributed by atoms with Gasteiger partial charge in [-0.25, -0.2) is 0 Å². The number of nitrogens with zero attached hydrogens (tertiary/aromatic N) is 3. The molecule has 7 nitrogen and oxygen atoms in total. The monoisotopic (exact) mass is 414 g/mol. The Bertz CT molecular complexity index is 861. The molecule has 29 heavy (non-hydrogen) atoms. The number of anilines is 2. The average Bonchev–Trinajstić information content (AvgIpc) is 3.36. The van der Waals surface area contributed by atoms with E-state index in [2.05, 4.69) is 15.5 Å². The third kappa shape index (κ3) is 4.58. The van der Waals surface area contributed by atoms with Crippen LogP contribution in [-0.2, 0) is 9.59 Å². The summed E-state index contributed by atoms with van der Waals surface area (Å²) in [5.74, 6) is 0.626. The number of ether oxygens (including phenoxy) is 1. The van der Waals surface area contributed by atoms with E-state index in [0.29, 0.717) is 24.2 Å². The topological polar surface area (TPSA) is 84.4 Å². The SMILES string of the molecule is CCOc1ccc(N2C[C@@H](C(=O)Nc3nnc(C4CCCCC4)s3)CC2=O)cc1. The van der Waals surface area contributed by atoms with Crippen LogP contribution in [0.2, 0.25) is 0 Å². The zero-order chi connectivity index (χ0) is 20.2. The zero-order valence-electron chi connectivity index (χ0n) is 16.6. The number of hydrogen-bond donors (Lipinski definition) is 1. The molecule has 1 atom stereocenters. The highest BCUT2D eigenvalue weighted by Gasteiger charge is 2.35. The van der Waals surface area contributed by atoms with Gasteiger partial charge in [-0.1, -0.05) is 30.6 Å². The molecule has 0 bridgehead atoms. The molecule has 154 valence electrons. The molecule has 1 N–H and O–H groups in total. The number of hydrogen-bond acceptors (Lipinski definition) is 6. The van der Waals surface area contributed by atoms with Crippen molar-refractivity contribution in [3.8, 4) is 5.75 Å². The van der Waals surface area contributed by atoms with Crippen LogP contribution >= 0.6 is 11.3 Å². The molecule has 2 aromatic rings. The largest absolute Gasteiger partial charge is 0.494 e. The molecule has 1 aromatic heterocycles. The van der Waals surface area contributed by atoms with Crippen molar-refractivity contribution in [2.75, 3.05) is 23.4 Å².